The van der Waals surface area contributed by atoms with E-state index in [4.69, 9.17) is 14.2 Å². The van der Waals surface area contributed by atoms with Crippen LogP contribution in [0.5, 0.6) is 11.5 Å². The molecule has 1 heterocycles. The summed E-state index contributed by atoms with van der Waals surface area (Å²) in [5, 5.41) is 9.75. The Kier molecular flexibility index (Phi) is 8.28. The normalized spacial score (nSPS) is 13.9. The van der Waals surface area contributed by atoms with Crippen LogP contribution in [-0.2, 0) is 16.1 Å². The van der Waals surface area contributed by atoms with Gasteiger partial charge in [-0.1, -0.05) is 37.3 Å². The van der Waals surface area contributed by atoms with Crippen LogP contribution in [0.1, 0.15) is 37.8 Å². The predicted octanol–water partition coefficient (Wildman–Crippen LogP) is 6.39. The van der Waals surface area contributed by atoms with Gasteiger partial charge in [0.05, 0.1) is 13.7 Å². The van der Waals surface area contributed by atoms with Crippen LogP contribution >= 0.6 is 0 Å². The first-order valence-corrected chi connectivity index (χ1v) is 12.3. The van der Waals surface area contributed by atoms with E-state index in [2.05, 4.69) is 36.1 Å². The summed E-state index contributed by atoms with van der Waals surface area (Å²) in [6.45, 7) is 5.89. The Morgan fingerprint density at radius 1 is 1.03 bits per heavy atom. The number of carbonyl (C=O) groups is 1. The van der Waals surface area contributed by atoms with Gasteiger partial charge < -0.3 is 24.2 Å². The fourth-order valence-electron chi connectivity index (χ4n) is 4.33. The number of fused-ring (bicyclic) bond motifs is 1. The van der Waals surface area contributed by atoms with Gasteiger partial charge in [0.25, 0.3) is 0 Å². The number of carboxylic acids is 1. The van der Waals surface area contributed by atoms with Crippen LogP contribution in [0.25, 0.3) is 17.2 Å². The summed E-state index contributed by atoms with van der Waals surface area (Å²) in [5.41, 5.74) is 5.47. The van der Waals surface area contributed by atoms with E-state index in [1.807, 2.05) is 49.4 Å². The molecule has 3 aromatic carbocycles. The zero-order valence-corrected chi connectivity index (χ0v) is 21.1. The number of anilines is 1. The molecule has 0 saturated carbocycles. The average molecular weight is 488 g/mol. The Labute approximate surface area is 212 Å². The summed E-state index contributed by atoms with van der Waals surface area (Å²) in [5.74, 6) is 0.672. The highest BCUT2D eigenvalue weighted by atomic mass is 16.7. The molecule has 1 unspecified atom stereocenters. The molecule has 1 atom stereocenters. The Hall–Kier alpha value is -3.77. The third-order valence-electron chi connectivity index (χ3n) is 6.18. The molecule has 1 aliphatic heterocycles. The number of nitrogens with zero attached hydrogens (tertiary/aromatic N) is 1. The van der Waals surface area contributed by atoms with E-state index in [1.165, 1.54) is 0 Å². The van der Waals surface area contributed by atoms with Gasteiger partial charge in [0, 0.05) is 24.4 Å². The minimum absolute atomic E-state index is 0.307. The standard InChI is InChI=1S/C30H33NO5/c1-4-16-35-21(2)36-27-11-8-23(9-12-27)24-10-13-29-26(18-24)19-25(30(32)33)14-15-31(29)20-22-6-5-7-28(17-22)34-3/h5-13,17-19,21H,4,14-16,20H2,1-3H3,(H,32,33). The molecule has 1 N–H and O–H groups in total. The van der Waals surface area contributed by atoms with Crippen LogP contribution in [0.15, 0.2) is 72.3 Å². The molecule has 0 bridgehead atoms. The monoisotopic (exact) mass is 487 g/mol. The van der Waals surface area contributed by atoms with Gasteiger partial charge in [-0.05, 0) is 84.5 Å². The molecule has 4 rings (SSSR count). The van der Waals surface area contributed by atoms with E-state index in [1.54, 1.807) is 13.2 Å². The minimum Gasteiger partial charge on any atom is -0.497 e. The summed E-state index contributed by atoms with van der Waals surface area (Å²) in [4.78, 5) is 14.1. The summed E-state index contributed by atoms with van der Waals surface area (Å²) < 4.78 is 16.8. The number of methoxy groups -OCH3 is 1. The van der Waals surface area contributed by atoms with Crippen molar-refractivity contribution in [3.05, 3.63) is 83.4 Å². The fourth-order valence-corrected chi connectivity index (χ4v) is 4.33. The number of hydrogen-bond donors (Lipinski definition) is 1. The highest BCUT2D eigenvalue weighted by Gasteiger charge is 2.20. The molecule has 0 spiro atoms. The van der Waals surface area contributed by atoms with E-state index in [9.17, 15) is 9.90 Å². The van der Waals surface area contributed by atoms with Gasteiger partial charge in [-0.25, -0.2) is 4.79 Å². The number of ether oxygens (including phenoxy) is 3. The van der Waals surface area contributed by atoms with E-state index in [-0.39, 0.29) is 6.29 Å². The largest absolute Gasteiger partial charge is 0.497 e. The first-order valence-electron chi connectivity index (χ1n) is 12.3. The third-order valence-corrected chi connectivity index (χ3v) is 6.18. The maximum absolute atomic E-state index is 11.9. The minimum atomic E-state index is -0.879. The van der Waals surface area contributed by atoms with Gasteiger partial charge in [-0.15, -0.1) is 0 Å². The molecule has 6 heteroatoms. The molecule has 0 aromatic heterocycles. The lowest BCUT2D eigenvalue weighted by atomic mass is 10.00. The Bertz CT molecular complexity index is 1220. The van der Waals surface area contributed by atoms with E-state index in [0.717, 1.165) is 45.9 Å². The molecular formula is C30H33NO5. The quantitative estimate of drug-likeness (QED) is 0.334. The number of rotatable bonds is 10. The lowest BCUT2D eigenvalue weighted by molar-refractivity contribution is -0.132. The van der Waals surface area contributed by atoms with E-state index in [0.29, 0.717) is 31.7 Å². The van der Waals surface area contributed by atoms with Crippen molar-refractivity contribution in [1.82, 2.24) is 0 Å². The van der Waals surface area contributed by atoms with Crippen LogP contribution in [-0.4, -0.2) is 37.6 Å². The van der Waals surface area contributed by atoms with Crippen molar-refractivity contribution in [2.45, 2.75) is 39.5 Å². The number of aliphatic carboxylic acids is 1. The summed E-state index contributed by atoms with van der Waals surface area (Å²) in [6, 6.07) is 22.1. The highest BCUT2D eigenvalue weighted by molar-refractivity contribution is 5.94. The van der Waals surface area contributed by atoms with Crippen LogP contribution in [0, 0.1) is 0 Å². The Morgan fingerprint density at radius 2 is 1.81 bits per heavy atom. The smallest absolute Gasteiger partial charge is 0.331 e. The molecule has 188 valence electrons. The predicted molar refractivity (Wildman–Crippen MR) is 142 cm³/mol. The van der Waals surface area contributed by atoms with Gasteiger partial charge in [0.2, 0.25) is 0 Å². The number of hydrogen-bond acceptors (Lipinski definition) is 5. The fraction of sp³-hybridized carbons (Fsp3) is 0.300. The summed E-state index contributed by atoms with van der Waals surface area (Å²) in [6.07, 6.45) is 2.91. The molecule has 0 aliphatic carbocycles. The lowest BCUT2D eigenvalue weighted by Crippen LogP contribution is -2.24. The Morgan fingerprint density at radius 3 is 2.53 bits per heavy atom. The SMILES string of the molecule is CCCOC(C)Oc1ccc(-c2ccc3c(c2)C=C(C(=O)O)CCN3Cc2cccc(OC)c2)cc1. The van der Waals surface area contributed by atoms with Crippen LogP contribution in [0.2, 0.25) is 0 Å². The molecule has 3 aromatic rings. The maximum atomic E-state index is 11.9. The summed E-state index contributed by atoms with van der Waals surface area (Å²) in [7, 11) is 1.66. The van der Waals surface area contributed by atoms with Crippen LogP contribution in [0.3, 0.4) is 0 Å². The van der Waals surface area contributed by atoms with E-state index >= 15 is 0 Å². The molecule has 0 radical (unpaired) electrons. The Balaban J connectivity index is 1.60. The molecular weight excluding hydrogens is 454 g/mol. The van der Waals surface area contributed by atoms with Crippen molar-refractivity contribution in [3.63, 3.8) is 0 Å². The molecule has 36 heavy (non-hydrogen) atoms. The topological polar surface area (TPSA) is 68.2 Å². The summed E-state index contributed by atoms with van der Waals surface area (Å²) >= 11 is 0. The van der Waals surface area contributed by atoms with Crippen LogP contribution < -0.4 is 14.4 Å². The van der Waals surface area contributed by atoms with Gasteiger partial charge in [-0.3, -0.25) is 0 Å². The third kappa shape index (κ3) is 6.26. The van der Waals surface area contributed by atoms with Gasteiger partial charge in [0.15, 0.2) is 6.29 Å². The second-order valence-corrected chi connectivity index (χ2v) is 8.85. The zero-order chi connectivity index (χ0) is 25.5. The van der Waals surface area contributed by atoms with Gasteiger partial charge >= 0.3 is 5.97 Å². The second kappa shape index (κ2) is 11.8. The van der Waals surface area contributed by atoms with Crippen LogP contribution in [0.4, 0.5) is 5.69 Å². The van der Waals surface area contributed by atoms with Crippen molar-refractivity contribution in [2.75, 3.05) is 25.2 Å². The lowest BCUT2D eigenvalue weighted by Gasteiger charge is -2.26. The molecule has 0 fully saturated rings. The van der Waals surface area contributed by atoms with Crippen molar-refractivity contribution in [3.8, 4) is 22.6 Å². The average Bonchev–Trinajstić information content (AvgIpc) is 3.07. The zero-order valence-electron chi connectivity index (χ0n) is 21.1. The number of carboxylic acid groups (broad SMARTS) is 1. The molecule has 6 nitrogen and oxygen atoms in total. The van der Waals surface area contributed by atoms with Crippen molar-refractivity contribution >= 4 is 17.7 Å². The first-order chi connectivity index (χ1) is 17.5. The first kappa shape index (κ1) is 25.3. The van der Waals surface area contributed by atoms with Gasteiger partial charge in [-0.2, -0.15) is 0 Å². The van der Waals surface area contributed by atoms with Gasteiger partial charge in [0.1, 0.15) is 11.5 Å². The van der Waals surface area contributed by atoms with E-state index < -0.39 is 5.97 Å². The van der Waals surface area contributed by atoms with Crippen molar-refractivity contribution in [2.24, 2.45) is 0 Å². The molecule has 0 amide bonds. The highest BCUT2D eigenvalue weighted by Crippen LogP contribution is 2.34. The van der Waals surface area contributed by atoms with Crippen molar-refractivity contribution in [1.29, 1.82) is 0 Å². The molecule has 0 saturated heterocycles. The van der Waals surface area contributed by atoms with Crippen molar-refractivity contribution < 1.29 is 24.1 Å². The number of benzene rings is 3. The molecule has 1 aliphatic rings. The maximum Gasteiger partial charge on any atom is 0.331 e. The second-order valence-electron chi connectivity index (χ2n) is 8.85.